The molecule has 22 heteroatoms. The number of fused-ring (bicyclic) bond motifs is 3. The summed E-state index contributed by atoms with van der Waals surface area (Å²) in [6, 6.07) is 10.8. The van der Waals surface area contributed by atoms with Gasteiger partial charge < -0.3 is 14.8 Å². The number of alkyl carbamates (subject to hydrolysis) is 1. The van der Waals surface area contributed by atoms with Gasteiger partial charge in [-0.2, -0.15) is 65.9 Å². The fraction of sp³-hybridized carbons (Fsp3) is 0.289. The van der Waals surface area contributed by atoms with Gasteiger partial charge in [-0.3, -0.25) is 4.90 Å². The van der Waals surface area contributed by atoms with Crippen LogP contribution in [-0.2, 0) is 56.9 Å². The Bertz CT molecular complexity index is 2060. The van der Waals surface area contributed by atoms with Crippen LogP contribution in [0.2, 0.25) is 0 Å². The summed E-state index contributed by atoms with van der Waals surface area (Å²) in [5.41, 5.74) is -6.88. The minimum Gasteiger partial charge on any atom is -0.449 e. The number of hydrogen-bond donors (Lipinski definition) is 1. The van der Waals surface area contributed by atoms with Gasteiger partial charge in [0, 0.05) is 25.6 Å². The molecule has 4 aromatic carbocycles. The first-order chi connectivity index (χ1) is 27.6. The maximum absolute atomic E-state index is 13.7. The van der Waals surface area contributed by atoms with Crippen molar-refractivity contribution in [2.45, 2.75) is 55.9 Å². The van der Waals surface area contributed by atoms with Gasteiger partial charge in [-0.05, 0) is 69.8 Å². The molecule has 0 unspecified atom stereocenters. The number of ether oxygens (including phenoxy) is 2. The Balaban J connectivity index is 1.54. The molecule has 1 amide bonds. The molecule has 1 aliphatic rings. The van der Waals surface area contributed by atoms with Gasteiger partial charge in [-0.25, -0.2) is 14.4 Å². The molecule has 0 aliphatic heterocycles. The lowest BCUT2D eigenvalue weighted by atomic mass is 9.98. The van der Waals surface area contributed by atoms with E-state index in [0.29, 0.717) is 16.0 Å². The Morgan fingerprint density at radius 1 is 0.583 bits per heavy atom. The fourth-order valence-electron chi connectivity index (χ4n) is 6.36. The summed E-state index contributed by atoms with van der Waals surface area (Å²) in [5, 5.41) is 1.77. The zero-order valence-electron chi connectivity index (χ0n) is 29.7. The van der Waals surface area contributed by atoms with Crippen molar-refractivity contribution in [1.29, 1.82) is 0 Å². The van der Waals surface area contributed by atoms with Crippen molar-refractivity contribution in [1.82, 2.24) is 10.2 Å². The molecular formula is C38H25F15N2O5. The lowest BCUT2D eigenvalue weighted by Crippen LogP contribution is -2.50. The molecule has 0 aromatic heterocycles. The van der Waals surface area contributed by atoms with Crippen LogP contribution in [-0.4, -0.2) is 48.3 Å². The third kappa shape index (κ3) is 11.1. The van der Waals surface area contributed by atoms with Crippen molar-refractivity contribution in [3.63, 3.8) is 0 Å². The third-order valence-electron chi connectivity index (χ3n) is 8.89. The molecule has 0 bridgehead atoms. The number of carbonyl (C=O) groups is 3. The molecule has 0 fully saturated rings. The highest BCUT2D eigenvalue weighted by molar-refractivity contribution is 5.92. The van der Waals surface area contributed by atoms with Crippen molar-refractivity contribution < 1.29 is 89.7 Å². The van der Waals surface area contributed by atoms with E-state index < -0.39 is 120 Å². The summed E-state index contributed by atoms with van der Waals surface area (Å²) >= 11 is 0. The zero-order chi connectivity index (χ0) is 44.6. The summed E-state index contributed by atoms with van der Waals surface area (Å²) in [5.74, 6) is -6.11. The molecule has 0 radical (unpaired) electrons. The van der Waals surface area contributed by atoms with Crippen molar-refractivity contribution >= 4 is 18.0 Å². The van der Waals surface area contributed by atoms with Crippen LogP contribution < -0.4 is 5.32 Å². The molecule has 60 heavy (non-hydrogen) atoms. The van der Waals surface area contributed by atoms with E-state index in [-0.39, 0.29) is 36.4 Å². The monoisotopic (exact) mass is 874 g/mol. The predicted molar refractivity (Wildman–Crippen MR) is 176 cm³/mol. The van der Waals surface area contributed by atoms with Crippen molar-refractivity contribution in [2.75, 3.05) is 13.2 Å². The molecule has 0 saturated heterocycles. The number of nitrogens with one attached hydrogen (secondary N) is 1. The summed E-state index contributed by atoms with van der Waals surface area (Å²) < 4.78 is 213. The van der Waals surface area contributed by atoms with E-state index in [2.05, 4.69) is 4.74 Å². The molecule has 5 rings (SSSR count). The van der Waals surface area contributed by atoms with Crippen molar-refractivity contribution in [2.24, 2.45) is 0 Å². The highest BCUT2D eigenvalue weighted by Crippen LogP contribution is 2.45. The number of rotatable bonds is 10. The van der Waals surface area contributed by atoms with E-state index >= 15 is 0 Å². The molecule has 0 spiro atoms. The van der Waals surface area contributed by atoms with Gasteiger partial charge in [-0.15, -0.1) is 0 Å². The molecule has 0 saturated carbocycles. The van der Waals surface area contributed by atoms with Crippen LogP contribution in [0.1, 0.15) is 50.4 Å². The van der Waals surface area contributed by atoms with E-state index in [1.807, 2.05) is 0 Å². The van der Waals surface area contributed by atoms with E-state index in [4.69, 9.17) is 4.74 Å². The predicted octanol–water partition coefficient (Wildman–Crippen LogP) is 10.3. The molecule has 4 aromatic rings. The van der Waals surface area contributed by atoms with Crippen LogP contribution in [0.15, 0.2) is 84.9 Å². The summed E-state index contributed by atoms with van der Waals surface area (Å²) in [6.07, 6.45) is -29.3. The molecular weight excluding hydrogens is 849 g/mol. The average molecular weight is 875 g/mol. The number of hydrogen-bond acceptors (Lipinski definition) is 6. The SMILES string of the molecule is O=C(N[C@@H](CN(Cc1cc(C(F)(F)F)cc(C(F)(F)F)c1)Cc1cc(C(F)(F)F)cc(C(F)(F)F)c1)C(=O)OC(=O)C(F)(F)F)OCC1c2ccccc2-c2ccccc21. The second-order valence-electron chi connectivity index (χ2n) is 13.2. The number of carbonyl (C=O) groups excluding carboxylic acids is 3. The number of alkyl halides is 15. The Morgan fingerprint density at radius 2 is 0.967 bits per heavy atom. The third-order valence-corrected chi connectivity index (χ3v) is 8.89. The highest BCUT2D eigenvalue weighted by Gasteiger charge is 2.44. The average Bonchev–Trinajstić information content (AvgIpc) is 3.45. The first-order valence-corrected chi connectivity index (χ1v) is 16.8. The van der Waals surface area contributed by atoms with Crippen molar-refractivity contribution in [3.8, 4) is 11.1 Å². The van der Waals surface area contributed by atoms with Gasteiger partial charge in [0.05, 0.1) is 22.3 Å². The summed E-state index contributed by atoms with van der Waals surface area (Å²) in [6.45, 7) is -4.58. The van der Waals surface area contributed by atoms with Gasteiger partial charge in [0.2, 0.25) is 0 Å². The van der Waals surface area contributed by atoms with Crippen LogP contribution in [0, 0.1) is 0 Å². The number of benzene rings is 4. The summed E-state index contributed by atoms with van der Waals surface area (Å²) in [7, 11) is 0. The maximum atomic E-state index is 13.7. The number of amides is 1. The molecule has 1 aliphatic carbocycles. The molecule has 322 valence electrons. The normalized spacial score (nSPS) is 14.1. The smallest absolute Gasteiger partial charge is 0.449 e. The van der Waals surface area contributed by atoms with Gasteiger partial charge in [0.15, 0.2) is 0 Å². The van der Waals surface area contributed by atoms with E-state index in [1.165, 1.54) is 0 Å². The van der Waals surface area contributed by atoms with Crippen molar-refractivity contribution in [3.05, 3.63) is 129 Å². The molecule has 1 N–H and O–H groups in total. The van der Waals surface area contributed by atoms with E-state index in [1.54, 1.807) is 53.8 Å². The maximum Gasteiger partial charge on any atom is 0.491 e. The van der Waals surface area contributed by atoms with E-state index in [9.17, 15) is 80.2 Å². The lowest BCUT2D eigenvalue weighted by Gasteiger charge is -2.28. The summed E-state index contributed by atoms with van der Waals surface area (Å²) in [4.78, 5) is 38.3. The lowest BCUT2D eigenvalue weighted by molar-refractivity contribution is -0.202. The standard InChI is InChI=1S/C38H25F15N2O5/c39-34(40,41)21-9-19(10-22(13-21)35(42,43)44)15-55(16-20-11-23(36(45,46)47)14-24(12-20)37(48,49)50)17-30(31(56)60-32(57)38(51,52)53)54-33(58)59-18-29-27-7-3-1-5-25(27)26-6-2-4-8-28(26)29/h1-14,29-30H,15-18H2,(H,54,58)/t30-/m0/s1. The van der Waals surface area contributed by atoms with Gasteiger partial charge in [0.1, 0.15) is 12.6 Å². The Labute approximate surface area is 327 Å². The largest absolute Gasteiger partial charge is 0.491 e. The van der Waals surface area contributed by atoms with Crippen LogP contribution in [0.5, 0.6) is 0 Å². The van der Waals surface area contributed by atoms with E-state index in [0.717, 1.165) is 11.1 Å². The minimum absolute atomic E-state index is 0.120. The van der Waals surface area contributed by atoms with Gasteiger partial charge >= 0.3 is 48.9 Å². The van der Waals surface area contributed by atoms with Crippen LogP contribution in [0.4, 0.5) is 70.7 Å². The topological polar surface area (TPSA) is 84.9 Å². The van der Waals surface area contributed by atoms with Gasteiger partial charge in [0.25, 0.3) is 0 Å². The molecule has 1 atom stereocenters. The second kappa shape index (κ2) is 16.7. The van der Waals surface area contributed by atoms with Crippen LogP contribution in [0.3, 0.4) is 0 Å². The number of nitrogens with zero attached hydrogens (tertiary/aromatic N) is 1. The fourth-order valence-corrected chi connectivity index (χ4v) is 6.36. The Kier molecular flexibility index (Phi) is 12.6. The number of halogens is 15. The first-order valence-electron chi connectivity index (χ1n) is 16.8. The highest BCUT2D eigenvalue weighted by atomic mass is 19.4. The Hall–Kier alpha value is -5.80. The Morgan fingerprint density at radius 3 is 1.33 bits per heavy atom. The quantitative estimate of drug-likeness (QED) is 0.0971. The van der Waals surface area contributed by atoms with Gasteiger partial charge in [-0.1, -0.05) is 48.5 Å². The molecule has 7 nitrogen and oxygen atoms in total. The van der Waals surface area contributed by atoms with Crippen LogP contribution in [0.25, 0.3) is 11.1 Å². The minimum atomic E-state index is -5.86. The number of esters is 2. The van der Waals surface area contributed by atoms with Crippen LogP contribution >= 0.6 is 0 Å². The molecule has 0 heterocycles. The second-order valence-corrected chi connectivity index (χ2v) is 13.2. The first kappa shape index (κ1) is 45.3. The zero-order valence-corrected chi connectivity index (χ0v) is 29.7.